The Kier molecular flexibility index (Phi) is 10.3. The highest BCUT2D eigenvalue weighted by Crippen LogP contribution is 2.31. The van der Waals surface area contributed by atoms with Gasteiger partial charge in [-0.25, -0.2) is 8.42 Å². The number of rotatable bonds is 11. The van der Waals surface area contributed by atoms with Crippen LogP contribution in [0, 0.1) is 6.92 Å². The van der Waals surface area contributed by atoms with E-state index in [1.807, 2.05) is 37.3 Å². The highest BCUT2D eigenvalue weighted by Gasteiger charge is 2.35. The van der Waals surface area contributed by atoms with E-state index in [1.165, 1.54) is 24.1 Å². The molecule has 0 fully saturated rings. The van der Waals surface area contributed by atoms with Crippen LogP contribution in [0.3, 0.4) is 0 Å². The molecule has 0 saturated heterocycles. The predicted octanol–water partition coefficient (Wildman–Crippen LogP) is 5.88. The zero-order chi connectivity index (χ0) is 30.3. The summed E-state index contributed by atoms with van der Waals surface area (Å²) in [6.45, 7) is 1.31. The Morgan fingerprint density at radius 3 is 2.05 bits per heavy atom. The summed E-state index contributed by atoms with van der Waals surface area (Å²) in [5, 5.41) is 3.35. The number of hydrogen-bond acceptors (Lipinski definition) is 4. The number of benzene rings is 4. The number of anilines is 1. The van der Waals surface area contributed by atoms with Crippen molar-refractivity contribution in [2.24, 2.45) is 0 Å². The van der Waals surface area contributed by atoms with E-state index in [0.29, 0.717) is 5.02 Å². The van der Waals surface area contributed by atoms with Gasteiger partial charge in [0.15, 0.2) is 0 Å². The van der Waals surface area contributed by atoms with Crippen molar-refractivity contribution in [2.75, 3.05) is 17.9 Å². The molecular weight excluding hydrogens is 593 g/mol. The standard InChI is InChI=1S/C32H31Cl2N3O4S/c1-23-12-18-27(19-13-23)42(40,41)37(29-11-7-6-10-28(29)34)22-31(38)36(21-25-14-16-26(33)17-15-25)30(32(39)35-2)20-24-8-4-3-5-9-24/h3-19,30H,20-22H2,1-2H3,(H,35,39). The third-order valence-corrected chi connectivity index (χ3v) is 9.14. The molecular formula is C32H31Cl2N3O4S. The van der Waals surface area contributed by atoms with Crippen LogP contribution in [0.25, 0.3) is 0 Å². The highest BCUT2D eigenvalue weighted by molar-refractivity contribution is 7.92. The predicted molar refractivity (Wildman–Crippen MR) is 167 cm³/mol. The lowest BCUT2D eigenvalue weighted by Gasteiger charge is -2.33. The molecule has 0 bridgehead atoms. The molecule has 4 aromatic rings. The van der Waals surface area contributed by atoms with Gasteiger partial charge in [-0.1, -0.05) is 95.5 Å². The highest BCUT2D eigenvalue weighted by atomic mass is 35.5. The maximum absolute atomic E-state index is 14.3. The number of nitrogens with one attached hydrogen (secondary N) is 1. The summed E-state index contributed by atoms with van der Waals surface area (Å²) < 4.78 is 29.0. The second-order valence-electron chi connectivity index (χ2n) is 9.74. The number of nitrogens with zero attached hydrogens (tertiary/aromatic N) is 2. The Labute approximate surface area is 256 Å². The summed E-state index contributed by atoms with van der Waals surface area (Å²) in [5.41, 5.74) is 2.60. The van der Waals surface area contributed by atoms with Crippen LogP contribution < -0.4 is 9.62 Å². The molecule has 4 aromatic carbocycles. The van der Waals surface area contributed by atoms with E-state index >= 15 is 0 Å². The molecule has 7 nitrogen and oxygen atoms in total. The fourth-order valence-electron chi connectivity index (χ4n) is 4.51. The molecule has 218 valence electrons. The second kappa shape index (κ2) is 13.9. The average Bonchev–Trinajstić information content (AvgIpc) is 2.99. The fourth-order valence-corrected chi connectivity index (χ4v) is 6.36. The first kappa shape index (κ1) is 31.1. The largest absolute Gasteiger partial charge is 0.357 e. The van der Waals surface area contributed by atoms with E-state index < -0.39 is 28.5 Å². The maximum Gasteiger partial charge on any atom is 0.264 e. The molecule has 0 aromatic heterocycles. The van der Waals surface area contributed by atoms with Crippen LogP contribution >= 0.6 is 23.2 Å². The smallest absolute Gasteiger partial charge is 0.264 e. The number of likely N-dealkylation sites (N-methyl/N-ethyl adjacent to an activating group) is 1. The Morgan fingerprint density at radius 1 is 0.810 bits per heavy atom. The number of amides is 2. The third kappa shape index (κ3) is 7.50. The number of halogens is 2. The first-order valence-corrected chi connectivity index (χ1v) is 15.4. The molecule has 10 heteroatoms. The molecule has 0 aliphatic heterocycles. The van der Waals surface area contributed by atoms with E-state index in [0.717, 1.165) is 21.0 Å². The minimum Gasteiger partial charge on any atom is -0.357 e. The quantitative estimate of drug-likeness (QED) is 0.226. The molecule has 1 atom stereocenters. The zero-order valence-electron chi connectivity index (χ0n) is 23.2. The summed E-state index contributed by atoms with van der Waals surface area (Å²) in [6.07, 6.45) is 0.219. The third-order valence-electron chi connectivity index (χ3n) is 6.79. The molecule has 0 radical (unpaired) electrons. The van der Waals surface area contributed by atoms with Gasteiger partial charge in [0.25, 0.3) is 10.0 Å². The molecule has 0 spiro atoms. The molecule has 4 rings (SSSR count). The van der Waals surface area contributed by atoms with Gasteiger partial charge in [-0.3, -0.25) is 13.9 Å². The first-order chi connectivity index (χ1) is 20.1. The van der Waals surface area contributed by atoms with E-state index in [2.05, 4.69) is 5.32 Å². The van der Waals surface area contributed by atoms with Crippen LogP contribution in [-0.4, -0.2) is 44.8 Å². The van der Waals surface area contributed by atoms with Gasteiger partial charge < -0.3 is 10.2 Å². The lowest BCUT2D eigenvalue weighted by Crippen LogP contribution is -2.53. The number of sulfonamides is 1. The van der Waals surface area contributed by atoms with Gasteiger partial charge in [-0.15, -0.1) is 0 Å². The minimum absolute atomic E-state index is 0.0113. The normalized spacial score (nSPS) is 11.9. The summed E-state index contributed by atoms with van der Waals surface area (Å²) in [6, 6.07) is 28.1. The van der Waals surface area contributed by atoms with Crippen LogP contribution in [0.2, 0.25) is 10.0 Å². The lowest BCUT2D eigenvalue weighted by molar-refractivity contribution is -0.139. The summed E-state index contributed by atoms with van der Waals surface area (Å²) in [7, 11) is -2.72. The van der Waals surface area contributed by atoms with Crippen molar-refractivity contribution in [1.29, 1.82) is 0 Å². The second-order valence-corrected chi connectivity index (χ2v) is 12.4. The van der Waals surface area contributed by atoms with Crippen molar-refractivity contribution in [1.82, 2.24) is 10.2 Å². The molecule has 0 aliphatic rings. The summed E-state index contributed by atoms with van der Waals surface area (Å²) >= 11 is 12.6. The van der Waals surface area contributed by atoms with Crippen molar-refractivity contribution in [2.45, 2.75) is 30.8 Å². The van der Waals surface area contributed by atoms with Gasteiger partial charge in [0.2, 0.25) is 11.8 Å². The number of para-hydroxylation sites is 1. The summed E-state index contributed by atoms with van der Waals surface area (Å²) in [4.78, 5) is 29.0. The molecule has 2 amide bonds. The van der Waals surface area contributed by atoms with E-state index in [4.69, 9.17) is 23.2 Å². The van der Waals surface area contributed by atoms with Crippen molar-refractivity contribution in [3.63, 3.8) is 0 Å². The van der Waals surface area contributed by atoms with Gasteiger partial charge in [0.1, 0.15) is 12.6 Å². The van der Waals surface area contributed by atoms with Crippen LogP contribution in [0.1, 0.15) is 16.7 Å². The van der Waals surface area contributed by atoms with Gasteiger partial charge in [-0.2, -0.15) is 0 Å². The number of aryl methyl sites for hydroxylation is 1. The zero-order valence-corrected chi connectivity index (χ0v) is 25.5. The van der Waals surface area contributed by atoms with Crippen molar-refractivity contribution >= 4 is 50.7 Å². The maximum atomic E-state index is 14.3. The molecule has 0 saturated carbocycles. The Hall–Kier alpha value is -3.85. The first-order valence-electron chi connectivity index (χ1n) is 13.2. The minimum atomic E-state index is -4.23. The molecule has 0 aliphatic carbocycles. The van der Waals surface area contributed by atoms with Crippen molar-refractivity contribution in [3.8, 4) is 0 Å². The SMILES string of the molecule is CNC(=O)C(Cc1ccccc1)N(Cc1ccc(Cl)cc1)C(=O)CN(c1ccccc1Cl)S(=O)(=O)c1ccc(C)cc1. The summed E-state index contributed by atoms with van der Waals surface area (Å²) in [5.74, 6) is -0.961. The lowest BCUT2D eigenvalue weighted by atomic mass is 10.0. The molecule has 42 heavy (non-hydrogen) atoms. The van der Waals surface area contributed by atoms with Crippen LogP contribution in [-0.2, 0) is 32.6 Å². The monoisotopic (exact) mass is 623 g/mol. The fraction of sp³-hybridized carbons (Fsp3) is 0.188. The van der Waals surface area contributed by atoms with Crippen LogP contribution in [0.15, 0.2) is 108 Å². The van der Waals surface area contributed by atoms with Crippen molar-refractivity contribution in [3.05, 3.63) is 130 Å². The van der Waals surface area contributed by atoms with E-state index in [9.17, 15) is 18.0 Å². The van der Waals surface area contributed by atoms with E-state index in [1.54, 1.807) is 60.7 Å². The molecule has 1 unspecified atom stereocenters. The van der Waals surface area contributed by atoms with Crippen molar-refractivity contribution < 1.29 is 18.0 Å². The van der Waals surface area contributed by atoms with Crippen LogP contribution in [0.5, 0.6) is 0 Å². The topological polar surface area (TPSA) is 86.8 Å². The van der Waals surface area contributed by atoms with Gasteiger partial charge in [0, 0.05) is 25.0 Å². The van der Waals surface area contributed by atoms with E-state index in [-0.39, 0.29) is 34.5 Å². The number of carbonyl (C=O) groups excluding carboxylic acids is 2. The number of carbonyl (C=O) groups is 2. The molecule has 0 heterocycles. The Balaban J connectivity index is 1.79. The average molecular weight is 625 g/mol. The number of hydrogen-bond donors (Lipinski definition) is 1. The molecule has 1 N–H and O–H groups in total. The van der Waals surface area contributed by atoms with Gasteiger partial charge >= 0.3 is 0 Å². The van der Waals surface area contributed by atoms with Gasteiger partial charge in [-0.05, 0) is 54.4 Å². The Morgan fingerprint density at radius 2 is 1.43 bits per heavy atom. The Bertz CT molecular complexity index is 1630. The van der Waals surface area contributed by atoms with Gasteiger partial charge in [0.05, 0.1) is 15.6 Å². The van der Waals surface area contributed by atoms with Crippen LogP contribution in [0.4, 0.5) is 5.69 Å².